The summed E-state index contributed by atoms with van der Waals surface area (Å²) in [5.41, 5.74) is 3.15. The van der Waals surface area contributed by atoms with E-state index in [-0.39, 0.29) is 12.3 Å². The minimum atomic E-state index is -1.02. The number of hydrogen-bond acceptors (Lipinski definition) is 5. The van der Waals surface area contributed by atoms with E-state index in [1.807, 2.05) is 26.0 Å². The molecule has 1 aromatic rings. The zero-order valence-electron chi connectivity index (χ0n) is 12.0. The zero-order valence-corrected chi connectivity index (χ0v) is 14.4. The van der Waals surface area contributed by atoms with Gasteiger partial charge in [-0.2, -0.15) is 5.10 Å². The van der Waals surface area contributed by atoms with Crippen molar-refractivity contribution in [3.05, 3.63) is 33.3 Å². The van der Waals surface area contributed by atoms with E-state index in [0.717, 1.165) is 32.9 Å². The second-order valence-corrected chi connectivity index (χ2v) is 6.78. The molecule has 6 nitrogen and oxygen atoms in total. The number of carboxylic acid groups (broad SMARTS) is 1. The van der Waals surface area contributed by atoms with Crippen LogP contribution < -0.4 is 5.32 Å². The molecule has 0 radical (unpaired) electrons. The van der Waals surface area contributed by atoms with E-state index >= 15 is 0 Å². The number of halogens is 1. The first-order chi connectivity index (χ1) is 10.4. The van der Waals surface area contributed by atoms with Crippen LogP contribution in [0.5, 0.6) is 0 Å². The quantitative estimate of drug-likeness (QED) is 0.616. The average molecular weight is 384 g/mol. The summed E-state index contributed by atoms with van der Waals surface area (Å²) < 4.78 is 1.03. The summed E-state index contributed by atoms with van der Waals surface area (Å²) in [6.45, 7) is 4.00. The van der Waals surface area contributed by atoms with Gasteiger partial charge in [0.2, 0.25) is 5.91 Å². The van der Waals surface area contributed by atoms with Crippen molar-refractivity contribution in [1.82, 2.24) is 5.32 Å². The van der Waals surface area contributed by atoms with Crippen LogP contribution in [0, 0.1) is 13.8 Å². The minimum Gasteiger partial charge on any atom is -0.481 e. The number of carboxylic acids is 1. The molecule has 1 amide bonds. The van der Waals surface area contributed by atoms with Gasteiger partial charge in [0.1, 0.15) is 5.25 Å². The first kappa shape index (κ1) is 16.7. The van der Waals surface area contributed by atoms with Crippen LogP contribution in [0.25, 0.3) is 0 Å². The fraction of sp³-hybridized carbons (Fsp3) is 0.286. The summed E-state index contributed by atoms with van der Waals surface area (Å²) in [6.07, 6.45) is 1.38. The van der Waals surface area contributed by atoms with Gasteiger partial charge in [0, 0.05) is 4.47 Å². The van der Waals surface area contributed by atoms with Crippen molar-refractivity contribution in [3.8, 4) is 0 Å². The van der Waals surface area contributed by atoms with Crippen molar-refractivity contribution in [2.24, 2.45) is 10.2 Å². The van der Waals surface area contributed by atoms with E-state index in [2.05, 4.69) is 31.4 Å². The number of carbonyl (C=O) groups excluding carboxylic acids is 1. The molecule has 1 aliphatic heterocycles. The Labute approximate surface area is 140 Å². The third-order valence-corrected chi connectivity index (χ3v) is 5.18. The fourth-order valence-electron chi connectivity index (χ4n) is 1.84. The Kier molecular flexibility index (Phi) is 5.36. The summed E-state index contributed by atoms with van der Waals surface area (Å²) in [6, 6.07) is 3.86. The summed E-state index contributed by atoms with van der Waals surface area (Å²) in [7, 11) is 0. The number of nitrogens with one attached hydrogen (secondary N) is 1. The van der Waals surface area contributed by atoms with Crippen molar-refractivity contribution < 1.29 is 14.7 Å². The van der Waals surface area contributed by atoms with Crippen molar-refractivity contribution in [1.29, 1.82) is 0 Å². The highest BCUT2D eigenvalue weighted by molar-refractivity contribution is 9.10. The lowest BCUT2D eigenvalue weighted by Gasteiger charge is -2.05. The molecular formula is C14H14BrN3O3S. The molecule has 1 aromatic carbocycles. The standard InChI is InChI=1S/C14H14BrN3O3S/c1-7-8(2)10(15)4-3-9(7)6-16-18-14-17-13(21)11(22-14)5-12(19)20/h3-4,6,11H,5H2,1-2H3,(H,19,20)(H,17,18,21). The number of benzene rings is 1. The Morgan fingerprint density at radius 2 is 2.18 bits per heavy atom. The molecule has 1 heterocycles. The topological polar surface area (TPSA) is 91.1 Å². The molecule has 1 atom stereocenters. The molecule has 116 valence electrons. The van der Waals surface area contributed by atoms with Crippen LogP contribution in [0.1, 0.15) is 23.1 Å². The molecular weight excluding hydrogens is 370 g/mol. The van der Waals surface area contributed by atoms with Crippen LogP contribution >= 0.6 is 27.7 Å². The van der Waals surface area contributed by atoms with Crippen LogP contribution in [0.3, 0.4) is 0 Å². The summed E-state index contributed by atoms with van der Waals surface area (Å²) in [5, 5.41) is 18.8. The van der Waals surface area contributed by atoms with E-state index in [4.69, 9.17) is 5.11 Å². The van der Waals surface area contributed by atoms with E-state index < -0.39 is 11.2 Å². The fourth-order valence-corrected chi connectivity index (χ4v) is 3.18. The second kappa shape index (κ2) is 7.06. The number of nitrogens with zero attached hydrogens (tertiary/aromatic N) is 2. The van der Waals surface area contributed by atoms with Crippen LogP contribution in [0.2, 0.25) is 0 Å². The molecule has 0 aromatic heterocycles. The lowest BCUT2D eigenvalue weighted by Crippen LogP contribution is -2.26. The Morgan fingerprint density at radius 3 is 2.86 bits per heavy atom. The molecule has 0 aliphatic carbocycles. The van der Waals surface area contributed by atoms with E-state index in [0.29, 0.717) is 5.17 Å². The van der Waals surface area contributed by atoms with Gasteiger partial charge in [0.05, 0.1) is 12.6 Å². The number of rotatable bonds is 4. The largest absolute Gasteiger partial charge is 0.481 e. The molecule has 1 saturated heterocycles. The van der Waals surface area contributed by atoms with Crippen LogP contribution in [0.15, 0.2) is 26.8 Å². The Morgan fingerprint density at radius 1 is 1.45 bits per heavy atom. The molecule has 1 unspecified atom stereocenters. The van der Waals surface area contributed by atoms with Gasteiger partial charge in [-0.05, 0) is 36.6 Å². The number of aliphatic carboxylic acids is 1. The Hall–Kier alpha value is -1.67. The Balaban J connectivity index is 2.08. The van der Waals surface area contributed by atoms with Gasteiger partial charge in [-0.15, -0.1) is 5.10 Å². The zero-order chi connectivity index (χ0) is 16.3. The number of carbonyl (C=O) groups is 2. The highest BCUT2D eigenvalue weighted by Gasteiger charge is 2.32. The normalized spacial score (nSPS) is 19.9. The van der Waals surface area contributed by atoms with E-state index in [1.165, 1.54) is 0 Å². The molecule has 2 N–H and O–H groups in total. The lowest BCUT2D eigenvalue weighted by atomic mass is 10.0. The first-order valence-electron chi connectivity index (χ1n) is 6.44. The van der Waals surface area contributed by atoms with Crippen LogP contribution in [0.4, 0.5) is 0 Å². The van der Waals surface area contributed by atoms with Crippen molar-refractivity contribution in [2.45, 2.75) is 25.5 Å². The summed E-state index contributed by atoms with van der Waals surface area (Å²) >= 11 is 4.54. The first-order valence-corrected chi connectivity index (χ1v) is 8.11. The van der Waals surface area contributed by atoms with Gasteiger partial charge in [-0.3, -0.25) is 9.59 Å². The minimum absolute atomic E-state index is 0.232. The lowest BCUT2D eigenvalue weighted by molar-refractivity contribution is -0.138. The maximum absolute atomic E-state index is 11.6. The Bertz CT molecular complexity index is 688. The van der Waals surface area contributed by atoms with E-state index in [9.17, 15) is 9.59 Å². The van der Waals surface area contributed by atoms with Crippen LogP contribution in [-0.4, -0.2) is 33.6 Å². The maximum atomic E-state index is 11.6. The molecule has 2 rings (SSSR count). The van der Waals surface area contributed by atoms with E-state index in [1.54, 1.807) is 6.21 Å². The number of amidine groups is 1. The van der Waals surface area contributed by atoms with Crippen LogP contribution in [-0.2, 0) is 9.59 Å². The molecule has 0 saturated carbocycles. The molecule has 22 heavy (non-hydrogen) atoms. The third-order valence-electron chi connectivity index (χ3n) is 3.24. The van der Waals surface area contributed by atoms with Gasteiger partial charge in [0.15, 0.2) is 5.17 Å². The van der Waals surface area contributed by atoms with Crippen molar-refractivity contribution >= 4 is 51.0 Å². The molecule has 1 aliphatic rings. The van der Waals surface area contributed by atoms with Gasteiger partial charge in [-0.25, -0.2) is 0 Å². The number of hydrogen-bond donors (Lipinski definition) is 2. The van der Waals surface area contributed by atoms with Gasteiger partial charge in [-0.1, -0.05) is 33.8 Å². The molecule has 1 fully saturated rings. The van der Waals surface area contributed by atoms with Gasteiger partial charge < -0.3 is 10.4 Å². The van der Waals surface area contributed by atoms with Gasteiger partial charge in [0.25, 0.3) is 0 Å². The predicted octanol–water partition coefficient (Wildman–Crippen LogP) is 2.46. The maximum Gasteiger partial charge on any atom is 0.305 e. The SMILES string of the molecule is Cc1c(Br)ccc(C=NN=C2NC(=O)C(CC(=O)O)S2)c1C. The predicted molar refractivity (Wildman–Crippen MR) is 90.4 cm³/mol. The second-order valence-electron chi connectivity index (χ2n) is 4.73. The molecule has 0 bridgehead atoms. The average Bonchev–Trinajstić information content (AvgIpc) is 2.78. The third kappa shape index (κ3) is 3.95. The summed E-state index contributed by atoms with van der Waals surface area (Å²) in [5.74, 6) is -1.37. The molecule has 8 heteroatoms. The smallest absolute Gasteiger partial charge is 0.305 e. The van der Waals surface area contributed by atoms with Crippen molar-refractivity contribution in [2.75, 3.05) is 0 Å². The highest BCUT2D eigenvalue weighted by Crippen LogP contribution is 2.23. The number of amides is 1. The highest BCUT2D eigenvalue weighted by atomic mass is 79.9. The van der Waals surface area contributed by atoms with Crippen molar-refractivity contribution in [3.63, 3.8) is 0 Å². The number of thioether (sulfide) groups is 1. The van der Waals surface area contributed by atoms with Gasteiger partial charge >= 0.3 is 5.97 Å². The monoisotopic (exact) mass is 383 g/mol. The molecule has 0 spiro atoms. The summed E-state index contributed by atoms with van der Waals surface area (Å²) in [4.78, 5) is 22.2.